The van der Waals surface area contributed by atoms with Crippen molar-refractivity contribution in [1.82, 2.24) is 10.3 Å². The predicted octanol–water partition coefficient (Wildman–Crippen LogP) is 2.54. The third kappa shape index (κ3) is 2.60. The Labute approximate surface area is 113 Å². The summed E-state index contributed by atoms with van der Waals surface area (Å²) in [7, 11) is 0. The van der Waals surface area contributed by atoms with Crippen molar-refractivity contribution in [1.29, 1.82) is 0 Å². The van der Waals surface area contributed by atoms with Crippen LogP contribution in [0.2, 0.25) is 0 Å². The molecular weight excluding hydrogens is 244 g/mol. The van der Waals surface area contributed by atoms with Gasteiger partial charge in [-0.25, -0.2) is 4.98 Å². The first-order chi connectivity index (χ1) is 8.68. The lowest BCUT2D eigenvalue weighted by molar-refractivity contribution is 0.0632. The molecule has 1 aromatic rings. The second-order valence-corrected chi connectivity index (χ2v) is 7.12. The van der Waals surface area contributed by atoms with Crippen LogP contribution in [0.25, 0.3) is 0 Å². The van der Waals surface area contributed by atoms with Crippen LogP contribution in [0.1, 0.15) is 36.1 Å². The summed E-state index contributed by atoms with van der Waals surface area (Å²) < 4.78 is 5.84. The van der Waals surface area contributed by atoms with Gasteiger partial charge in [-0.05, 0) is 39.5 Å². The maximum atomic E-state index is 5.84. The summed E-state index contributed by atoms with van der Waals surface area (Å²) >= 11 is 1.83. The first-order valence-electron chi connectivity index (χ1n) is 6.94. The Bertz CT molecular complexity index is 416. The lowest BCUT2D eigenvalue weighted by atomic mass is 9.78. The van der Waals surface area contributed by atoms with E-state index in [9.17, 15) is 0 Å². The molecule has 2 heterocycles. The van der Waals surface area contributed by atoms with Crippen molar-refractivity contribution in [2.45, 2.75) is 51.7 Å². The van der Waals surface area contributed by atoms with Gasteiger partial charge in [-0.1, -0.05) is 0 Å². The molecule has 2 aliphatic rings. The second-order valence-electron chi connectivity index (χ2n) is 5.80. The van der Waals surface area contributed by atoms with Crippen LogP contribution < -0.4 is 5.32 Å². The minimum atomic E-state index is 0.279. The lowest BCUT2D eigenvalue weighted by Crippen LogP contribution is -2.41. The normalized spacial score (nSPS) is 32.0. The molecule has 4 heteroatoms. The monoisotopic (exact) mass is 266 g/mol. The molecule has 0 aromatic carbocycles. The molecule has 3 rings (SSSR count). The lowest BCUT2D eigenvalue weighted by Gasteiger charge is -2.32. The average molecular weight is 266 g/mol. The zero-order valence-corrected chi connectivity index (χ0v) is 12.1. The number of aromatic nitrogens is 1. The zero-order valence-electron chi connectivity index (χ0n) is 11.2. The molecule has 3 nitrogen and oxygen atoms in total. The molecule has 18 heavy (non-hydrogen) atoms. The number of hydrogen-bond acceptors (Lipinski definition) is 4. The van der Waals surface area contributed by atoms with Crippen molar-refractivity contribution in [3.63, 3.8) is 0 Å². The maximum absolute atomic E-state index is 5.84. The van der Waals surface area contributed by atoms with Crippen LogP contribution in [-0.2, 0) is 11.2 Å². The second kappa shape index (κ2) is 4.91. The number of nitrogens with zero attached hydrogens (tertiary/aromatic N) is 1. The summed E-state index contributed by atoms with van der Waals surface area (Å²) in [5.74, 6) is 0. The summed E-state index contributed by atoms with van der Waals surface area (Å²) in [6.45, 7) is 6.31. The van der Waals surface area contributed by atoms with Crippen molar-refractivity contribution in [2.75, 3.05) is 13.2 Å². The smallest absolute Gasteiger partial charge is 0.0896 e. The Morgan fingerprint density at radius 1 is 1.56 bits per heavy atom. The molecule has 0 spiro atoms. The van der Waals surface area contributed by atoms with E-state index < -0.39 is 0 Å². The van der Waals surface area contributed by atoms with Gasteiger partial charge in [-0.2, -0.15) is 0 Å². The molecule has 1 N–H and O–H groups in total. The highest BCUT2D eigenvalue weighted by molar-refractivity contribution is 7.11. The largest absolute Gasteiger partial charge is 0.378 e. The third-order valence-corrected chi connectivity index (χ3v) is 5.26. The SMILES string of the molecule is Cc1ncc(CC2(CNC3CC3)CCOC2C)s1. The molecule has 2 unspecified atom stereocenters. The van der Waals surface area contributed by atoms with Gasteiger partial charge in [0.05, 0.1) is 11.1 Å². The van der Waals surface area contributed by atoms with Crippen molar-refractivity contribution >= 4 is 11.3 Å². The molecule has 0 bridgehead atoms. The van der Waals surface area contributed by atoms with Crippen molar-refractivity contribution < 1.29 is 4.74 Å². The van der Waals surface area contributed by atoms with Crippen LogP contribution in [0, 0.1) is 12.3 Å². The van der Waals surface area contributed by atoms with Gasteiger partial charge >= 0.3 is 0 Å². The van der Waals surface area contributed by atoms with Crippen LogP contribution >= 0.6 is 11.3 Å². The molecule has 2 atom stereocenters. The van der Waals surface area contributed by atoms with E-state index in [2.05, 4.69) is 24.1 Å². The Morgan fingerprint density at radius 3 is 2.94 bits per heavy atom. The van der Waals surface area contributed by atoms with E-state index in [1.54, 1.807) is 0 Å². The van der Waals surface area contributed by atoms with Gasteiger partial charge in [-0.15, -0.1) is 11.3 Å². The van der Waals surface area contributed by atoms with Gasteiger partial charge in [0.2, 0.25) is 0 Å². The topological polar surface area (TPSA) is 34.2 Å². The van der Waals surface area contributed by atoms with Crippen LogP contribution in [0.15, 0.2) is 6.20 Å². The number of ether oxygens (including phenoxy) is 1. The standard InChI is InChI=1S/C14H22N2OS/c1-10-14(5-6-17-10,9-16-12-3-4-12)7-13-8-15-11(2)18-13/h8,10,12,16H,3-7,9H2,1-2H3. The molecule has 0 amide bonds. The van der Waals surface area contributed by atoms with Crippen molar-refractivity contribution in [2.24, 2.45) is 5.41 Å². The molecule has 1 saturated heterocycles. The minimum absolute atomic E-state index is 0.279. The minimum Gasteiger partial charge on any atom is -0.378 e. The van der Waals surface area contributed by atoms with Crippen LogP contribution in [-0.4, -0.2) is 30.3 Å². The van der Waals surface area contributed by atoms with Crippen molar-refractivity contribution in [3.05, 3.63) is 16.1 Å². The molecule has 1 aliphatic carbocycles. The van der Waals surface area contributed by atoms with E-state index in [-0.39, 0.29) is 5.41 Å². The summed E-state index contributed by atoms with van der Waals surface area (Å²) in [6, 6.07) is 0.776. The van der Waals surface area contributed by atoms with E-state index in [1.165, 1.54) is 29.1 Å². The Morgan fingerprint density at radius 2 is 2.39 bits per heavy atom. The number of aryl methyl sites for hydroxylation is 1. The fourth-order valence-electron chi connectivity index (χ4n) is 2.81. The molecule has 1 aliphatic heterocycles. The van der Waals surface area contributed by atoms with Gasteiger partial charge in [0.1, 0.15) is 0 Å². The summed E-state index contributed by atoms with van der Waals surface area (Å²) in [5, 5.41) is 4.87. The maximum Gasteiger partial charge on any atom is 0.0896 e. The Hall–Kier alpha value is -0.450. The third-order valence-electron chi connectivity index (χ3n) is 4.35. The highest BCUT2D eigenvalue weighted by Gasteiger charge is 2.42. The average Bonchev–Trinajstić information content (AvgIpc) is 3.00. The van der Waals surface area contributed by atoms with Crippen LogP contribution in [0.4, 0.5) is 0 Å². The van der Waals surface area contributed by atoms with E-state index in [4.69, 9.17) is 4.74 Å². The molecular formula is C14H22N2OS. The highest BCUT2D eigenvalue weighted by Crippen LogP contribution is 2.39. The summed E-state index contributed by atoms with van der Waals surface area (Å²) in [6.07, 6.45) is 7.38. The molecule has 2 fully saturated rings. The van der Waals surface area contributed by atoms with Gasteiger partial charge in [0, 0.05) is 35.7 Å². The number of rotatable bonds is 5. The highest BCUT2D eigenvalue weighted by atomic mass is 32.1. The quantitative estimate of drug-likeness (QED) is 0.889. The molecule has 100 valence electrons. The Kier molecular flexibility index (Phi) is 3.43. The van der Waals surface area contributed by atoms with Gasteiger partial charge in [0.15, 0.2) is 0 Å². The van der Waals surface area contributed by atoms with Gasteiger partial charge in [0.25, 0.3) is 0 Å². The first kappa shape index (κ1) is 12.6. The zero-order chi connectivity index (χ0) is 12.6. The van der Waals surface area contributed by atoms with Gasteiger partial charge in [-0.3, -0.25) is 0 Å². The van der Waals surface area contributed by atoms with Crippen molar-refractivity contribution in [3.8, 4) is 0 Å². The predicted molar refractivity (Wildman–Crippen MR) is 74.0 cm³/mol. The van der Waals surface area contributed by atoms with Crippen LogP contribution in [0.5, 0.6) is 0 Å². The fraction of sp³-hybridized carbons (Fsp3) is 0.786. The summed E-state index contributed by atoms with van der Waals surface area (Å²) in [4.78, 5) is 5.78. The van der Waals surface area contributed by atoms with E-state index in [1.807, 2.05) is 17.5 Å². The van der Waals surface area contributed by atoms with Crippen LogP contribution in [0.3, 0.4) is 0 Å². The summed E-state index contributed by atoms with van der Waals surface area (Å²) in [5.41, 5.74) is 0.279. The number of hydrogen-bond donors (Lipinski definition) is 1. The first-order valence-corrected chi connectivity index (χ1v) is 7.76. The molecule has 1 aromatic heterocycles. The number of thiazole rings is 1. The Balaban J connectivity index is 1.71. The fourth-order valence-corrected chi connectivity index (χ4v) is 3.76. The van der Waals surface area contributed by atoms with E-state index in [0.29, 0.717) is 6.10 Å². The van der Waals surface area contributed by atoms with E-state index in [0.717, 1.165) is 25.6 Å². The molecule has 0 radical (unpaired) electrons. The van der Waals surface area contributed by atoms with E-state index >= 15 is 0 Å². The molecule has 1 saturated carbocycles. The van der Waals surface area contributed by atoms with Gasteiger partial charge < -0.3 is 10.1 Å². The number of nitrogens with one attached hydrogen (secondary N) is 1.